The van der Waals surface area contributed by atoms with Gasteiger partial charge in [0.05, 0.1) is 16.8 Å². The summed E-state index contributed by atoms with van der Waals surface area (Å²) in [7, 11) is 1.67. The number of aromatic nitrogens is 1. The highest BCUT2D eigenvalue weighted by molar-refractivity contribution is 9.10. The van der Waals surface area contributed by atoms with Gasteiger partial charge in [0.2, 0.25) is 0 Å². The van der Waals surface area contributed by atoms with Crippen molar-refractivity contribution in [3.63, 3.8) is 0 Å². The van der Waals surface area contributed by atoms with Crippen LogP contribution in [0.3, 0.4) is 0 Å². The van der Waals surface area contributed by atoms with Gasteiger partial charge in [-0.2, -0.15) is 4.99 Å². The highest BCUT2D eigenvalue weighted by Gasteiger charge is 2.12. The minimum absolute atomic E-state index is 0.233. The molecule has 27 heavy (non-hydrogen) atoms. The van der Waals surface area contributed by atoms with Crippen LogP contribution in [-0.4, -0.2) is 24.2 Å². The Labute approximate surface area is 168 Å². The molecule has 4 nitrogen and oxygen atoms in total. The third-order valence-electron chi connectivity index (χ3n) is 4.38. The van der Waals surface area contributed by atoms with Crippen molar-refractivity contribution < 1.29 is 9.53 Å². The van der Waals surface area contributed by atoms with E-state index in [0.29, 0.717) is 23.5 Å². The van der Waals surface area contributed by atoms with Crippen LogP contribution in [0.15, 0.2) is 70.1 Å². The van der Waals surface area contributed by atoms with Crippen LogP contribution in [0, 0.1) is 0 Å². The first kappa shape index (κ1) is 18.1. The molecule has 6 heteroatoms. The van der Waals surface area contributed by atoms with E-state index < -0.39 is 0 Å². The number of benzene rings is 3. The molecular weight excluding hydrogens is 424 g/mol. The Morgan fingerprint density at radius 3 is 2.81 bits per heavy atom. The zero-order chi connectivity index (χ0) is 18.8. The van der Waals surface area contributed by atoms with Crippen molar-refractivity contribution in [1.82, 2.24) is 4.57 Å². The quantitative estimate of drug-likeness (QED) is 0.447. The van der Waals surface area contributed by atoms with Crippen LogP contribution < -0.4 is 4.80 Å². The number of carbonyl (C=O) groups excluding carboxylic acids is 1. The van der Waals surface area contributed by atoms with Gasteiger partial charge in [0.25, 0.3) is 5.91 Å². The lowest BCUT2D eigenvalue weighted by Crippen LogP contribution is -2.19. The summed E-state index contributed by atoms with van der Waals surface area (Å²) in [5.41, 5.74) is 1.66. The number of nitrogens with zero attached hydrogens (tertiary/aromatic N) is 2. The Bertz CT molecular complexity index is 1200. The second kappa shape index (κ2) is 7.76. The van der Waals surface area contributed by atoms with E-state index in [-0.39, 0.29) is 5.91 Å². The van der Waals surface area contributed by atoms with Crippen LogP contribution in [0.4, 0.5) is 0 Å². The van der Waals surface area contributed by atoms with Gasteiger partial charge in [-0.05, 0) is 35.0 Å². The largest absolute Gasteiger partial charge is 0.383 e. The summed E-state index contributed by atoms with van der Waals surface area (Å²) in [6.07, 6.45) is 0. The van der Waals surface area contributed by atoms with Gasteiger partial charge >= 0.3 is 0 Å². The smallest absolute Gasteiger partial charge is 0.280 e. The molecule has 0 N–H and O–H groups in total. The molecule has 0 saturated carbocycles. The summed E-state index contributed by atoms with van der Waals surface area (Å²) >= 11 is 5.02. The molecule has 1 heterocycles. The van der Waals surface area contributed by atoms with Crippen molar-refractivity contribution in [2.45, 2.75) is 6.54 Å². The highest BCUT2D eigenvalue weighted by atomic mass is 79.9. The lowest BCUT2D eigenvalue weighted by atomic mass is 10.0. The van der Waals surface area contributed by atoms with Crippen LogP contribution in [0.5, 0.6) is 0 Å². The number of methoxy groups -OCH3 is 1. The molecule has 1 aromatic heterocycles. The Kier molecular flexibility index (Phi) is 5.20. The van der Waals surface area contributed by atoms with E-state index >= 15 is 0 Å². The topological polar surface area (TPSA) is 43.6 Å². The van der Waals surface area contributed by atoms with Crippen molar-refractivity contribution in [3.8, 4) is 0 Å². The Morgan fingerprint density at radius 1 is 1.15 bits per heavy atom. The van der Waals surface area contributed by atoms with Crippen LogP contribution in [0.25, 0.3) is 21.0 Å². The third kappa shape index (κ3) is 3.60. The normalized spacial score (nSPS) is 12.1. The minimum Gasteiger partial charge on any atom is -0.383 e. The number of fused-ring (bicyclic) bond motifs is 2. The van der Waals surface area contributed by atoms with Crippen LogP contribution in [0.1, 0.15) is 10.4 Å². The van der Waals surface area contributed by atoms with E-state index in [4.69, 9.17) is 4.74 Å². The molecule has 0 aliphatic carbocycles. The Balaban J connectivity index is 1.87. The fourth-order valence-corrected chi connectivity index (χ4v) is 4.70. The SMILES string of the molecule is COCCn1c(=NC(=O)c2cccc3ccccc23)sc2cc(Br)ccc21. The lowest BCUT2D eigenvalue weighted by molar-refractivity contribution is 0.0999. The number of carbonyl (C=O) groups is 1. The van der Waals surface area contributed by atoms with Gasteiger partial charge in [0.15, 0.2) is 4.80 Å². The molecule has 0 fully saturated rings. The second-order valence-electron chi connectivity index (χ2n) is 6.08. The number of halogens is 1. The van der Waals surface area contributed by atoms with Crippen molar-refractivity contribution in [3.05, 3.63) is 75.5 Å². The maximum atomic E-state index is 13.0. The number of ether oxygens (including phenoxy) is 1. The maximum Gasteiger partial charge on any atom is 0.280 e. The van der Waals surface area contributed by atoms with Gasteiger partial charge in [0.1, 0.15) is 0 Å². The average molecular weight is 441 g/mol. The first-order chi connectivity index (χ1) is 13.2. The summed E-state index contributed by atoms with van der Waals surface area (Å²) < 4.78 is 9.35. The van der Waals surface area contributed by atoms with E-state index in [1.165, 1.54) is 11.3 Å². The van der Waals surface area contributed by atoms with E-state index in [0.717, 1.165) is 25.5 Å². The van der Waals surface area contributed by atoms with Gasteiger partial charge in [-0.3, -0.25) is 4.79 Å². The zero-order valence-electron chi connectivity index (χ0n) is 14.7. The summed E-state index contributed by atoms with van der Waals surface area (Å²) in [6.45, 7) is 1.19. The van der Waals surface area contributed by atoms with E-state index in [1.54, 1.807) is 7.11 Å². The predicted molar refractivity (Wildman–Crippen MR) is 113 cm³/mol. The van der Waals surface area contributed by atoms with E-state index in [2.05, 4.69) is 20.9 Å². The van der Waals surface area contributed by atoms with Gasteiger partial charge in [-0.15, -0.1) is 0 Å². The number of hydrogen-bond donors (Lipinski definition) is 0. The molecule has 0 atom stereocenters. The van der Waals surface area contributed by atoms with E-state index in [9.17, 15) is 4.79 Å². The van der Waals surface area contributed by atoms with Crippen molar-refractivity contribution in [2.75, 3.05) is 13.7 Å². The molecule has 0 aliphatic rings. The Hall–Kier alpha value is -2.28. The minimum atomic E-state index is -0.233. The summed E-state index contributed by atoms with van der Waals surface area (Å²) in [5.74, 6) is -0.233. The molecule has 0 spiro atoms. The summed E-state index contributed by atoms with van der Waals surface area (Å²) in [6, 6.07) is 19.7. The van der Waals surface area contributed by atoms with Crippen LogP contribution in [-0.2, 0) is 11.3 Å². The number of thiazole rings is 1. The van der Waals surface area contributed by atoms with Crippen molar-refractivity contribution in [1.29, 1.82) is 0 Å². The standard InChI is InChI=1S/C21H17BrN2O2S/c1-26-12-11-24-18-10-9-15(22)13-19(18)27-21(24)23-20(25)17-8-4-6-14-5-2-3-7-16(14)17/h2-10,13H,11-12H2,1H3. The molecule has 3 aromatic carbocycles. The molecule has 0 radical (unpaired) electrons. The molecule has 0 bridgehead atoms. The van der Waals surface area contributed by atoms with Crippen molar-refractivity contribution >= 4 is 54.2 Å². The molecule has 0 saturated heterocycles. The summed E-state index contributed by atoms with van der Waals surface area (Å²) in [4.78, 5) is 18.1. The Morgan fingerprint density at radius 2 is 1.96 bits per heavy atom. The maximum absolute atomic E-state index is 13.0. The average Bonchev–Trinajstić information content (AvgIpc) is 3.01. The van der Waals surface area contributed by atoms with Crippen LogP contribution >= 0.6 is 27.3 Å². The van der Waals surface area contributed by atoms with Gasteiger partial charge in [0, 0.05) is 23.7 Å². The van der Waals surface area contributed by atoms with Crippen molar-refractivity contribution in [2.24, 2.45) is 4.99 Å². The number of amides is 1. The lowest BCUT2D eigenvalue weighted by Gasteiger charge is -2.05. The molecule has 0 aliphatic heterocycles. The monoisotopic (exact) mass is 440 g/mol. The fourth-order valence-electron chi connectivity index (χ4n) is 3.09. The zero-order valence-corrected chi connectivity index (χ0v) is 17.1. The molecule has 0 unspecified atom stereocenters. The van der Waals surface area contributed by atoms with Gasteiger partial charge in [-0.25, -0.2) is 0 Å². The number of rotatable bonds is 4. The van der Waals surface area contributed by atoms with Crippen LogP contribution in [0.2, 0.25) is 0 Å². The first-order valence-electron chi connectivity index (χ1n) is 8.52. The van der Waals surface area contributed by atoms with E-state index in [1.807, 2.05) is 65.2 Å². The molecule has 136 valence electrons. The molecule has 1 amide bonds. The van der Waals surface area contributed by atoms with Gasteiger partial charge in [-0.1, -0.05) is 63.7 Å². The number of hydrogen-bond acceptors (Lipinski definition) is 3. The second-order valence-corrected chi connectivity index (χ2v) is 8.01. The predicted octanol–water partition coefficient (Wildman–Crippen LogP) is 5.01. The molecular formula is C21H17BrN2O2S. The third-order valence-corrected chi connectivity index (χ3v) is 5.92. The highest BCUT2D eigenvalue weighted by Crippen LogP contribution is 2.23. The molecule has 4 aromatic rings. The summed E-state index contributed by atoms with van der Waals surface area (Å²) in [5, 5.41) is 1.95. The first-order valence-corrected chi connectivity index (χ1v) is 10.1. The fraction of sp³-hybridized carbons (Fsp3) is 0.143. The molecule has 4 rings (SSSR count). The van der Waals surface area contributed by atoms with Gasteiger partial charge < -0.3 is 9.30 Å².